The molecule has 0 bridgehead atoms. The van der Waals surface area contributed by atoms with Crippen LogP contribution in [0.5, 0.6) is 0 Å². The Bertz CT molecular complexity index is 1310. The number of aryl methyl sites for hydroxylation is 2. The Morgan fingerprint density at radius 3 is 2.68 bits per heavy atom. The van der Waals surface area contributed by atoms with Crippen LogP contribution < -0.4 is 10.2 Å². The molecular formula is C25H25N7O2. The number of carbonyl (C=O) groups is 1. The molecule has 34 heavy (non-hydrogen) atoms. The lowest BCUT2D eigenvalue weighted by Crippen LogP contribution is -2.36. The molecule has 1 fully saturated rings. The molecule has 9 heteroatoms. The van der Waals surface area contributed by atoms with Crippen LogP contribution in [0.2, 0.25) is 0 Å². The summed E-state index contributed by atoms with van der Waals surface area (Å²) in [5, 5.41) is 7.47. The van der Waals surface area contributed by atoms with Gasteiger partial charge in [-0.3, -0.25) is 19.4 Å². The summed E-state index contributed by atoms with van der Waals surface area (Å²) in [6, 6.07) is 11.3. The van der Waals surface area contributed by atoms with E-state index in [1.54, 1.807) is 29.3 Å². The fourth-order valence-electron chi connectivity index (χ4n) is 3.91. The number of nitrogens with one attached hydrogen (secondary N) is 1. The third-order valence-electron chi connectivity index (χ3n) is 5.60. The number of ether oxygens (including phenoxy) is 1. The number of anilines is 2. The van der Waals surface area contributed by atoms with Gasteiger partial charge in [0.05, 0.1) is 42.2 Å². The van der Waals surface area contributed by atoms with Crippen molar-refractivity contribution in [1.29, 1.82) is 0 Å². The van der Waals surface area contributed by atoms with Crippen molar-refractivity contribution < 1.29 is 9.53 Å². The molecule has 1 N–H and O–H groups in total. The molecule has 5 rings (SSSR count). The van der Waals surface area contributed by atoms with Gasteiger partial charge >= 0.3 is 0 Å². The lowest BCUT2D eigenvalue weighted by molar-refractivity contribution is 0.102. The van der Waals surface area contributed by atoms with Crippen molar-refractivity contribution in [3.05, 3.63) is 72.4 Å². The first-order valence-corrected chi connectivity index (χ1v) is 11.1. The second-order valence-corrected chi connectivity index (χ2v) is 8.18. The Hall–Kier alpha value is -4.11. The third kappa shape index (κ3) is 4.65. The lowest BCUT2D eigenvalue weighted by Gasteiger charge is -2.28. The van der Waals surface area contributed by atoms with Gasteiger partial charge in [-0.25, -0.2) is 4.98 Å². The summed E-state index contributed by atoms with van der Waals surface area (Å²) in [7, 11) is 1.81. The van der Waals surface area contributed by atoms with Crippen molar-refractivity contribution in [3.63, 3.8) is 0 Å². The summed E-state index contributed by atoms with van der Waals surface area (Å²) in [6.07, 6.45) is 7.12. The van der Waals surface area contributed by atoms with E-state index in [1.807, 2.05) is 50.5 Å². The van der Waals surface area contributed by atoms with Gasteiger partial charge in [0.1, 0.15) is 11.4 Å². The number of pyridine rings is 3. The van der Waals surface area contributed by atoms with Crippen LogP contribution in [0.3, 0.4) is 0 Å². The zero-order valence-electron chi connectivity index (χ0n) is 19.1. The average molecular weight is 456 g/mol. The summed E-state index contributed by atoms with van der Waals surface area (Å²) in [4.78, 5) is 28.7. The third-order valence-corrected chi connectivity index (χ3v) is 5.60. The van der Waals surface area contributed by atoms with E-state index in [9.17, 15) is 4.79 Å². The van der Waals surface area contributed by atoms with Gasteiger partial charge in [-0.15, -0.1) is 0 Å². The van der Waals surface area contributed by atoms with Gasteiger partial charge in [0, 0.05) is 44.3 Å². The molecule has 4 aromatic heterocycles. The van der Waals surface area contributed by atoms with Crippen LogP contribution in [0.4, 0.5) is 11.4 Å². The summed E-state index contributed by atoms with van der Waals surface area (Å²) in [5.41, 5.74) is 5.79. The van der Waals surface area contributed by atoms with Crippen LogP contribution in [0.25, 0.3) is 22.6 Å². The predicted octanol–water partition coefficient (Wildman–Crippen LogP) is 3.34. The quantitative estimate of drug-likeness (QED) is 0.493. The van der Waals surface area contributed by atoms with Crippen LogP contribution in [0.1, 0.15) is 16.1 Å². The number of morpholine rings is 1. The number of hydrogen-bond donors (Lipinski definition) is 1. The predicted molar refractivity (Wildman–Crippen MR) is 130 cm³/mol. The SMILES string of the molecule is Cc1cncc(-c2cccc(C(=O)Nc3cn(C)nc3-c3ccc(N4CCOCC4)cn3)n2)c1. The smallest absolute Gasteiger partial charge is 0.274 e. The van der Waals surface area contributed by atoms with E-state index in [2.05, 4.69) is 30.3 Å². The highest BCUT2D eigenvalue weighted by atomic mass is 16.5. The molecule has 0 radical (unpaired) electrons. The molecule has 4 aromatic rings. The molecule has 9 nitrogen and oxygen atoms in total. The van der Waals surface area contributed by atoms with Crippen LogP contribution >= 0.6 is 0 Å². The van der Waals surface area contributed by atoms with Gasteiger partial charge in [-0.2, -0.15) is 5.10 Å². The van der Waals surface area contributed by atoms with Gasteiger partial charge in [-0.1, -0.05) is 6.07 Å². The molecule has 0 atom stereocenters. The van der Waals surface area contributed by atoms with Gasteiger partial charge in [0.25, 0.3) is 5.91 Å². The highest BCUT2D eigenvalue weighted by Crippen LogP contribution is 2.27. The van der Waals surface area contributed by atoms with E-state index in [1.165, 1.54) is 0 Å². The first-order chi connectivity index (χ1) is 16.6. The first kappa shape index (κ1) is 21.7. The van der Waals surface area contributed by atoms with E-state index >= 15 is 0 Å². The molecule has 0 aliphatic carbocycles. The summed E-state index contributed by atoms with van der Waals surface area (Å²) in [6.45, 7) is 5.09. The minimum atomic E-state index is -0.318. The number of aromatic nitrogens is 5. The molecule has 0 spiro atoms. The maximum Gasteiger partial charge on any atom is 0.274 e. The fourth-order valence-corrected chi connectivity index (χ4v) is 3.91. The summed E-state index contributed by atoms with van der Waals surface area (Å²) >= 11 is 0. The fraction of sp³-hybridized carbons (Fsp3) is 0.240. The van der Waals surface area contributed by atoms with Gasteiger partial charge < -0.3 is 15.0 Å². The van der Waals surface area contributed by atoms with Crippen molar-refractivity contribution in [3.8, 4) is 22.6 Å². The van der Waals surface area contributed by atoms with E-state index in [0.717, 1.165) is 29.9 Å². The average Bonchev–Trinajstić information content (AvgIpc) is 3.24. The minimum Gasteiger partial charge on any atom is -0.378 e. The molecule has 172 valence electrons. The number of nitrogens with zero attached hydrogens (tertiary/aromatic N) is 6. The Morgan fingerprint density at radius 1 is 1.06 bits per heavy atom. The summed E-state index contributed by atoms with van der Waals surface area (Å²) < 4.78 is 7.08. The largest absolute Gasteiger partial charge is 0.378 e. The van der Waals surface area contributed by atoms with Crippen molar-refractivity contribution in [2.24, 2.45) is 7.05 Å². The normalized spacial score (nSPS) is 13.6. The van der Waals surface area contributed by atoms with Gasteiger partial charge in [0.2, 0.25) is 0 Å². The zero-order valence-corrected chi connectivity index (χ0v) is 19.1. The van der Waals surface area contributed by atoms with E-state index in [0.29, 0.717) is 41.7 Å². The molecule has 0 aromatic carbocycles. The Morgan fingerprint density at radius 2 is 1.91 bits per heavy atom. The molecule has 1 aliphatic rings. The minimum absolute atomic E-state index is 0.310. The van der Waals surface area contributed by atoms with Crippen LogP contribution in [-0.2, 0) is 11.8 Å². The van der Waals surface area contributed by atoms with Crippen molar-refractivity contribution in [1.82, 2.24) is 24.7 Å². The Balaban J connectivity index is 1.37. The Labute approximate surface area is 197 Å². The molecule has 0 saturated carbocycles. The Kier molecular flexibility index (Phi) is 6.01. The van der Waals surface area contributed by atoms with E-state index < -0.39 is 0 Å². The van der Waals surface area contributed by atoms with Gasteiger partial charge in [-0.05, 0) is 42.8 Å². The van der Waals surface area contributed by atoms with Crippen LogP contribution in [0, 0.1) is 6.92 Å². The molecular weight excluding hydrogens is 430 g/mol. The van der Waals surface area contributed by atoms with E-state index in [-0.39, 0.29) is 5.91 Å². The van der Waals surface area contributed by atoms with Gasteiger partial charge in [0.15, 0.2) is 0 Å². The molecule has 0 unspecified atom stereocenters. The maximum absolute atomic E-state index is 13.1. The zero-order chi connectivity index (χ0) is 23.5. The number of amides is 1. The lowest BCUT2D eigenvalue weighted by atomic mass is 10.1. The van der Waals surface area contributed by atoms with Crippen LogP contribution in [-0.4, -0.2) is 56.9 Å². The molecule has 1 aliphatic heterocycles. The number of carbonyl (C=O) groups excluding carboxylic acids is 1. The second kappa shape index (κ2) is 9.40. The summed E-state index contributed by atoms with van der Waals surface area (Å²) in [5.74, 6) is -0.318. The highest BCUT2D eigenvalue weighted by molar-refractivity contribution is 6.04. The number of hydrogen-bond acceptors (Lipinski definition) is 7. The van der Waals surface area contributed by atoms with Crippen molar-refractivity contribution in [2.45, 2.75) is 6.92 Å². The standard InChI is InChI=1S/C25H25N7O2/c1-17-12-18(14-26-13-17)20-4-3-5-22(28-20)25(33)29-23-16-31(2)30-24(23)21-7-6-19(15-27-21)32-8-10-34-11-9-32/h3-7,12-16H,8-11H2,1-2H3,(H,29,33). The van der Waals surface area contributed by atoms with Crippen molar-refractivity contribution in [2.75, 3.05) is 36.5 Å². The first-order valence-electron chi connectivity index (χ1n) is 11.1. The number of rotatable bonds is 5. The molecule has 5 heterocycles. The topological polar surface area (TPSA) is 98.1 Å². The maximum atomic E-state index is 13.1. The van der Waals surface area contributed by atoms with E-state index in [4.69, 9.17) is 4.74 Å². The van der Waals surface area contributed by atoms with Crippen LogP contribution in [0.15, 0.2) is 61.2 Å². The monoisotopic (exact) mass is 455 g/mol. The molecule has 1 saturated heterocycles. The second-order valence-electron chi connectivity index (χ2n) is 8.18. The highest BCUT2D eigenvalue weighted by Gasteiger charge is 2.18. The molecule has 1 amide bonds. The van der Waals surface area contributed by atoms with Crippen molar-refractivity contribution >= 4 is 17.3 Å².